The summed E-state index contributed by atoms with van der Waals surface area (Å²) in [7, 11) is 0. The molecule has 5 nitrogen and oxygen atoms in total. The summed E-state index contributed by atoms with van der Waals surface area (Å²) in [6.07, 6.45) is -4.90. The Morgan fingerprint density at radius 1 is 0.853 bits per heavy atom. The summed E-state index contributed by atoms with van der Waals surface area (Å²) in [4.78, 5) is 27.6. The minimum atomic E-state index is -4.90. The van der Waals surface area contributed by atoms with Crippen molar-refractivity contribution in [3.05, 3.63) is 95.7 Å². The number of amides is 2. The van der Waals surface area contributed by atoms with Crippen molar-refractivity contribution in [1.82, 2.24) is 0 Å². The van der Waals surface area contributed by atoms with E-state index in [0.29, 0.717) is 17.2 Å². The molecule has 1 aliphatic heterocycles. The Labute approximate surface area is 194 Å². The quantitative estimate of drug-likeness (QED) is 0.446. The zero-order chi connectivity index (χ0) is 24.5. The van der Waals surface area contributed by atoms with Gasteiger partial charge in [-0.05, 0) is 41.3 Å². The highest BCUT2D eigenvalue weighted by Crippen LogP contribution is 2.35. The van der Waals surface area contributed by atoms with Crippen molar-refractivity contribution >= 4 is 28.8 Å². The predicted octanol–water partition coefficient (Wildman–Crippen LogP) is 6.11. The normalized spacial score (nSPS) is 14.2. The highest BCUT2D eigenvalue weighted by Gasteiger charge is 2.40. The number of alkyl halides is 3. The number of nitrogens with one attached hydrogen (secondary N) is 1. The van der Waals surface area contributed by atoms with Crippen molar-refractivity contribution in [2.45, 2.75) is 26.1 Å². The second-order valence-corrected chi connectivity index (χ2v) is 8.01. The van der Waals surface area contributed by atoms with Gasteiger partial charge in [0.15, 0.2) is 0 Å². The molecule has 0 bridgehead atoms. The average Bonchev–Trinajstić information content (AvgIpc) is 3.03. The summed E-state index contributed by atoms with van der Waals surface area (Å²) in [5, 5.41) is 3.04. The van der Waals surface area contributed by atoms with Crippen LogP contribution >= 0.6 is 0 Å². The first-order valence-corrected chi connectivity index (χ1v) is 10.6. The van der Waals surface area contributed by atoms with Crippen LogP contribution < -0.4 is 15.0 Å². The van der Waals surface area contributed by atoms with E-state index < -0.39 is 23.9 Å². The van der Waals surface area contributed by atoms with E-state index in [-0.39, 0.29) is 17.0 Å². The highest BCUT2D eigenvalue weighted by molar-refractivity contribution is 6.46. The smallest absolute Gasteiger partial charge is 0.406 e. The number of anilines is 2. The molecule has 34 heavy (non-hydrogen) atoms. The zero-order valence-corrected chi connectivity index (χ0v) is 18.4. The summed E-state index contributed by atoms with van der Waals surface area (Å²) in [5.74, 6) is -1.54. The second kappa shape index (κ2) is 9.05. The number of carbonyl (C=O) groups excluding carboxylic acids is 2. The van der Waals surface area contributed by atoms with E-state index in [1.807, 2.05) is 24.3 Å². The maximum Gasteiger partial charge on any atom is 0.573 e. The maximum absolute atomic E-state index is 13.4. The topological polar surface area (TPSA) is 58.6 Å². The lowest BCUT2D eigenvalue weighted by Crippen LogP contribution is -2.32. The molecule has 4 rings (SSSR count). The van der Waals surface area contributed by atoms with Gasteiger partial charge in [-0.3, -0.25) is 9.59 Å². The molecule has 0 aliphatic carbocycles. The van der Waals surface area contributed by atoms with Gasteiger partial charge in [-0.25, -0.2) is 4.90 Å². The Bertz CT molecular complexity index is 1250. The minimum Gasteiger partial charge on any atom is -0.406 e. The molecule has 0 aromatic heterocycles. The highest BCUT2D eigenvalue weighted by atomic mass is 19.4. The molecule has 8 heteroatoms. The molecule has 2 amide bonds. The van der Waals surface area contributed by atoms with Gasteiger partial charge in [-0.15, -0.1) is 13.2 Å². The molecule has 3 aromatic rings. The molecule has 0 saturated carbocycles. The first-order valence-electron chi connectivity index (χ1n) is 10.6. The first kappa shape index (κ1) is 23.1. The number of carbonyl (C=O) groups is 2. The van der Waals surface area contributed by atoms with E-state index >= 15 is 0 Å². The molecule has 0 unspecified atom stereocenters. The van der Waals surface area contributed by atoms with E-state index in [0.717, 1.165) is 22.6 Å². The number of nitrogens with zero attached hydrogens (tertiary/aromatic N) is 1. The fourth-order valence-corrected chi connectivity index (χ4v) is 3.67. The van der Waals surface area contributed by atoms with Crippen molar-refractivity contribution in [2.75, 3.05) is 10.2 Å². The Kier molecular flexibility index (Phi) is 6.15. The number of hydrogen-bond donors (Lipinski definition) is 1. The van der Waals surface area contributed by atoms with Gasteiger partial charge >= 0.3 is 6.36 Å². The molecule has 1 aliphatic rings. The summed E-state index contributed by atoms with van der Waals surface area (Å²) >= 11 is 0. The number of benzene rings is 3. The van der Waals surface area contributed by atoms with Crippen LogP contribution in [0.3, 0.4) is 0 Å². The van der Waals surface area contributed by atoms with Crippen molar-refractivity contribution in [3.8, 4) is 5.75 Å². The minimum absolute atomic E-state index is 0.0304. The van der Waals surface area contributed by atoms with Crippen LogP contribution in [0, 0.1) is 0 Å². The summed E-state index contributed by atoms with van der Waals surface area (Å²) in [6.45, 7) is 4.12. The van der Waals surface area contributed by atoms with Crippen LogP contribution in [0.2, 0.25) is 0 Å². The van der Waals surface area contributed by atoms with Crippen LogP contribution in [0.25, 0.3) is 5.57 Å². The standard InChI is InChI=1S/C26H21F3N2O3/c1-16(2)17-11-13-19(14-12-17)30-23-22(18-7-4-3-5-8-18)24(32)31(25(23)33)20-9-6-10-21(15-20)34-26(27,28)29/h3-16,30H,1-2H3. The lowest BCUT2D eigenvalue weighted by atomic mass is 10.0. The maximum atomic E-state index is 13.4. The van der Waals surface area contributed by atoms with E-state index in [1.54, 1.807) is 30.3 Å². The van der Waals surface area contributed by atoms with Gasteiger partial charge in [0.25, 0.3) is 11.8 Å². The number of ether oxygens (including phenoxy) is 1. The van der Waals surface area contributed by atoms with E-state index in [9.17, 15) is 22.8 Å². The van der Waals surface area contributed by atoms with Crippen LogP contribution in [-0.2, 0) is 9.59 Å². The number of imide groups is 1. The number of rotatable bonds is 6. The Morgan fingerprint density at radius 2 is 1.53 bits per heavy atom. The van der Waals surface area contributed by atoms with Gasteiger partial charge in [0.2, 0.25) is 0 Å². The third-order valence-corrected chi connectivity index (χ3v) is 5.30. The summed E-state index contributed by atoms with van der Waals surface area (Å²) in [5.41, 5.74) is 2.35. The molecule has 0 saturated heterocycles. The molecule has 3 aromatic carbocycles. The number of halogens is 3. The van der Waals surface area contributed by atoms with Crippen LogP contribution in [0.4, 0.5) is 24.5 Å². The average molecular weight is 466 g/mol. The van der Waals surface area contributed by atoms with Crippen LogP contribution in [0.1, 0.15) is 30.9 Å². The van der Waals surface area contributed by atoms with Gasteiger partial charge in [-0.1, -0.05) is 62.4 Å². The Balaban J connectivity index is 1.73. The zero-order valence-electron chi connectivity index (χ0n) is 18.4. The van der Waals surface area contributed by atoms with Gasteiger partial charge in [0.05, 0.1) is 11.3 Å². The van der Waals surface area contributed by atoms with Gasteiger partial charge in [0.1, 0.15) is 11.4 Å². The van der Waals surface area contributed by atoms with Crippen molar-refractivity contribution < 1.29 is 27.5 Å². The monoisotopic (exact) mass is 466 g/mol. The van der Waals surface area contributed by atoms with Crippen LogP contribution in [-0.4, -0.2) is 18.2 Å². The van der Waals surface area contributed by atoms with Gasteiger partial charge in [-0.2, -0.15) is 0 Å². The Morgan fingerprint density at radius 3 is 2.15 bits per heavy atom. The summed E-state index contributed by atoms with van der Waals surface area (Å²) in [6, 6.07) is 20.9. The third-order valence-electron chi connectivity index (χ3n) is 5.30. The van der Waals surface area contributed by atoms with Gasteiger partial charge < -0.3 is 10.1 Å². The lowest BCUT2D eigenvalue weighted by Gasteiger charge is -2.17. The third kappa shape index (κ3) is 4.80. The molecule has 0 radical (unpaired) electrons. The molecule has 0 fully saturated rings. The molecule has 0 atom stereocenters. The molecule has 1 heterocycles. The molecular weight excluding hydrogens is 445 g/mol. The molecule has 1 N–H and O–H groups in total. The largest absolute Gasteiger partial charge is 0.573 e. The number of hydrogen-bond acceptors (Lipinski definition) is 4. The van der Waals surface area contributed by atoms with Crippen molar-refractivity contribution in [3.63, 3.8) is 0 Å². The fraction of sp³-hybridized carbons (Fsp3) is 0.154. The Hall–Kier alpha value is -4.07. The van der Waals surface area contributed by atoms with Crippen molar-refractivity contribution in [2.24, 2.45) is 0 Å². The van der Waals surface area contributed by atoms with Gasteiger partial charge in [0, 0.05) is 11.8 Å². The van der Waals surface area contributed by atoms with E-state index in [2.05, 4.69) is 23.9 Å². The fourth-order valence-electron chi connectivity index (χ4n) is 3.67. The summed E-state index contributed by atoms with van der Waals surface area (Å²) < 4.78 is 42.0. The second-order valence-electron chi connectivity index (χ2n) is 8.01. The van der Waals surface area contributed by atoms with E-state index in [1.165, 1.54) is 12.1 Å². The molecule has 0 spiro atoms. The molecular formula is C26H21F3N2O3. The molecule has 174 valence electrons. The first-order chi connectivity index (χ1) is 16.1. The van der Waals surface area contributed by atoms with Crippen LogP contribution in [0.5, 0.6) is 5.75 Å². The lowest BCUT2D eigenvalue weighted by molar-refractivity contribution is -0.274. The van der Waals surface area contributed by atoms with Crippen LogP contribution in [0.15, 0.2) is 84.6 Å². The predicted molar refractivity (Wildman–Crippen MR) is 123 cm³/mol. The van der Waals surface area contributed by atoms with Crippen molar-refractivity contribution in [1.29, 1.82) is 0 Å². The van der Waals surface area contributed by atoms with E-state index in [4.69, 9.17) is 0 Å². The SMILES string of the molecule is CC(C)c1ccc(NC2=C(c3ccccc3)C(=O)N(c3cccc(OC(F)(F)F)c3)C2=O)cc1.